The molecule has 3 amide bonds. The number of hydrogen-bond acceptors (Lipinski definition) is 9. The van der Waals surface area contributed by atoms with Crippen LogP contribution in [0.25, 0.3) is 11.4 Å². The van der Waals surface area contributed by atoms with Crippen molar-refractivity contribution in [1.29, 1.82) is 0 Å². The molecular formula is C35H39N7O7S. The zero-order valence-corrected chi connectivity index (χ0v) is 28.9. The van der Waals surface area contributed by atoms with Crippen LogP contribution in [0.1, 0.15) is 43.0 Å². The lowest BCUT2D eigenvalue weighted by Gasteiger charge is -2.30. The van der Waals surface area contributed by atoms with Crippen molar-refractivity contribution in [2.24, 2.45) is 5.92 Å². The van der Waals surface area contributed by atoms with E-state index < -0.39 is 34.4 Å². The van der Waals surface area contributed by atoms with E-state index in [-0.39, 0.29) is 56.1 Å². The summed E-state index contributed by atoms with van der Waals surface area (Å²) in [5.41, 5.74) is 1.44. The van der Waals surface area contributed by atoms with E-state index in [0.717, 1.165) is 9.87 Å². The van der Waals surface area contributed by atoms with Gasteiger partial charge >= 0.3 is 0 Å². The van der Waals surface area contributed by atoms with Crippen molar-refractivity contribution in [2.45, 2.75) is 38.3 Å². The number of nitrogens with one attached hydrogen (secondary N) is 2. The summed E-state index contributed by atoms with van der Waals surface area (Å²) in [5.74, 6) is 0.374. The number of hydrogen-bond donors (Lipinski definition) is 2. The van der Waals surface area contributed by atoms with Crippen LogP contribution in [0.2, 0.25) is 0 Å². The van der Waals surface area contributed by atoms with Gasteiger partial charge < -0.3 is 25.0 Å². The van der Waals surface area contributed by atoms with E-state index in [1.165, 1.54) is 30.0 Å². The lowest BCUT2D eigenvalue weighted by molar-refractivity contribution is -0.122. The van der Waals surface area contributed by atoms with Crippen LogP contribution in [0, 0.1) is 5.92 Å². The summed E-state index contributed by atoms with van der Waals surface area (Å²) in [6, 6.07) is 19.7. The Balaban J connectivity index is 1.37. The Morgan fingerprint density at radius 1 is 0.920 bits per heavy atom. The fourth-order valence-electron chi connectivity index (χ4n) is 5.86. The van der Waals surface area contributed by atoms with E-state index in [4.69, 9.17) is 19.6 Å². The van der Waals surface area contributed by atoms with Gasteiger partial charge in [-0.05, 0) is 42.3 Å². The predicted octanol–water partition coefficient (Wildman–Crippen LogP) is 3.02. The van der Waals surface area contributed by atoms with E-state index in [1.807, 2.05) is 44.2 Å². The summed E-state index contributed by atoms with van der Waals surface area (Å²) in [5, 5.41) is 10.5. The number of carbonyl (C=O) groups is 3. The Bertz CT molecular complexity index is 2000. The average Bonchev–Trinajstić information content (AvgIpc) is 3.53. The molecule has 0 radical (unpaired) electrons. The lowest BCUT2D eigenvalue weighted by atomic mass is 10.0. The highest BCUT2D eigenvalue weighted by atomic mass is 32.2. The van der Waals surface area contributed by atoms with Crippen molar-refractivity contribution < 1.29 is 32.3 Å². The number of amides is 3. The Labute approximate surface area is 290 Å². The number of ether oxygens (including phenoxy) is 2. The van der Waals surface area contributed by atoms with Crippen LogP contribution in [0.15, 0.2) is 77.7 Å². The number of aromatic nitrogens is 3. The Kier molecular flexibility index (Phi) is 10.2. The second-order valence-electron chi connectivity index (χ2n) is 12.3. The highest BCUT2D eigenvalue weighted by molar-refractivity contribution is 7.89. The first-order valence-electron chi connectivity index (χ1n) is 16.4. The minimum atomic E-state index is -4.33. The van der Waals surface area contributed by atoms with Crippen LogP contribution < -0.4 is 25.0 Å². The van der Waals surface area contributed by atoms with Crippen molar-refractivity contribution in [3.63, 3.8) is 0 Å². The quantitative estimate of drug-likeness (QED) is 0.326. The topological polar surface area (TPSA) is 165 Å². The molecule has 0 unspecified atom stereocenters. The summed E-state index contributed by atoms with van der Waals surface area (Å²) in [6.07, 6.45) is 0. The molecule has 4 aromatic rings. The SMILES string of the molecule is CC(=O)N1CCOc2ccc(S(=O)(=O)N3CCNC(=O)c4cccc(c4)OCCn4nc(-c5ccccc5)nc4[C@H](C(C)C)NC(=O)C3)cc21. The molecule has 1 atom stereocenters. The monoisotopic (exact) mass is 701 g/mol. The van der Waals surface area contributed by atoms with Gasteiger partial charge in [-0.1, -0.05) is 50.2 Å². The molecule has 15 heteroatoms. The molecule has 0 spiro atoms. The van der Waals surface area contributed by atoms with Gasteiger partial charge in [0.25, 0.3) is 5.91 Å². The smallest absolute Gasteiger partial charge is 0.251 e. The van der Waals surface area contributed by atoms with Crippen LogP contribution in [-0.2, 0) is 26.2 Å². The molecule has 262 valence electrons. The molecule has 2 aliphatic heterocycles. The molecule has 6 rings (SSSR count). The number of benzene rings is 3. The van der Waals surface area contributed by atoms with Gasteiger partial charge in [0.05, 0.1) is 36.3 Å². The highest BCUT2D eigenvalue weighted by Crippen LogP contribution is 2.35. The summed E-state index contributed by atoms with van der Waals surface area (Å²) in [7, 11) is -4.33. The van der Waals surface area contributed by atoms with Crippen molar-refractivity contribution >= 4 is 33.4 Å². The van der Waals surface area contributed by atoms with Gasteiger partial charge in [-0.2, -0.15) is 9.40 Å². The summed E-state index contributed by atoms with van der Waals surface area (Å²) in [4.78, 5) is 45.4. The molecule has 0 saturated heterocycles. The molecule has 3 aromatic carbocycles. The molecule has 14 nitrogen and oxygen atoms in total. The number of rotatable bonds is 4. The van der Waals surface area contributed by atoms with Crippen LogP contribution in [0.3, 0.4) is 0 Å². The van der Waals surface area contributed by atoms with Crippen LogP contribution in [-0.4, -0.2) is 84.6 Å². The first-order valence-corrected chi connectivity index (χ1v) is 17.8. The minimum absolute atomic E-state index is 0.0909. The number of anilines is 1. The third kappa shape index (κ3) is 7.48. The zero-order valence-electron chi connectivity index (χ0n) is 28.0. The predicted molar refractivity (Wildman–Crippen MR) is 184 cm³/mol. The van der Waals surface area contributed by atoms with Crippen molar-refractivity contribution in [2.75, 3.05) is 44.3 Å². The minimum Gasteiger partial charge on any atom is -0.492 e. The summed E-state index contributed by atoms with van der Waals surface area (Å²) < 4.78 is 42.8. The van der Waals surface area contributed by atoms with Gasteiger partial charge in [0.1, 0.15) is 24.7 Å². The van der Waals surface area contributed by atoms with Crippen molar-refractivity contribution in [3.8, 4) is 22.9 Å². The van der Waals surface area contributed by atoms with E-state index in [2.05, 4.69) is 10.6 Å². The summed E-state index contributed by atoms with van der Waals surface area (Å²) in [6.45, 7) is 5.41. The molecule has 3 heterocycles. The molecule has 0 fully saturated rings. The summed E-state index contributed by atoms with van der Waals surface area (Å²) >= 11 is 0. The fourth-order valence-corrected chi connectivity index (χ4v) is 7.28. The van der Waals surface area contributed by atoms with Crippen LogP contribution >= 0.6 is 0 Å². The maximum absolute atomic E-state index is 14.2. The van der Waals surface area contributed by atoms with E-state index in [9.17, 15) is 22.8 Å². The molecule has 1 aromatic heterocycles. The fraction of sp³-hybridized carbons (Fsp3) is 0.343. The zero-order chi connectivity index (χ0) is 35.4. The average molecular weight is 702 g/mol. The third-order valence-electron chi connectivity index (χ3n) is 8.44. The molecule has 2 N–H and O–H groups in total. The Morgan fingerprint density at radius 2 is 1.68 bits per heavy atom. The lowest BCUT2D eigenvalue weighted by Crippen LogP contribution is -2.46. The maximum atomic E-state index is 14.2. The van der Waals surface area contributed by atoms with Gasteiger partial charge in [-0.25, -0.2) is 18.1 Å². The highest BCUT2D eigenvalue weighted by Gasteiger charge is 2.32. The number of sulfonamides is 1. The molecule has 0 aliphatic carbocycles. The second kappa shape index (κ2) is 14.7. The van der Waals surface area contributed by atoms with Gasteiger partial charge in [-0.15, -0.1) is 0 Å². The van der Waals surface area contributed by atoms with E-state index in [1.54, 1.807) is 28.9 Å². The maximum Gasteiger partial charge on any atom is 0.251 e. The van der Waals surface area contributed by atoms with E-state index >= 15 is 0 Å². The van der Waals surface area contributed by atoms with E-state index in [0.29, 0.717) is 34.4 Å². The third-order valence-corrected chi connectivity index (χ3v) is 10.3. The van der Waals surface area contributed by atoms with Gasteiger partial charge in [0, 0.05) is 31.1 Å². The number of fused-ring (bicyclic) bond motifs is 4. The number of nitrogens with zero attached hydrogens (tertiary/aromatic N) is 5. The number of carbonyl (C=O) groups excluding carboxylic acids is 3. The first-order chi connectivity index (χ1) is 24.0. The molecule has 50 heavy (non-hydrogen) atoms. The van der Waals surface area contributed by atoms with Crippen molar-refractivity contribution in [3.05, 3.63) is 84.2 Å². The second-order valence-corrected chi connectivity index (χ2v) is 14.2. The largest absolute Gasteiger partial charge is 0.492 e. The van der Waals surface area contributed by atoms with Crippen molar-refractivity contribution in [1.82, 2.24) is 29.7 Å². The molecular weight excluding hydrogens is 662 g/mol. The Hall–Kier alpha value is -5.28. The molecule has 2 bridgehead atoms. The van der Waals surface area contributed by atoms with Gasteiger partial charge in [0.2, 0.25) is 21.8 Å². The molecule has 0 saturated carbocycles. The normalized spacial score (nSPS) is 17.8. The van der Waals surface area contributed by atoms with Crippen LogP contribution in [0.5, 0.6) is 11.5 Å². The first kappa shape index (κ1) is 34.6. The molecule has 2 aliphatic rings. The van der Waals surface area contributed by atoms with Crippen LogP contribution in [0.4, 0.5) is 5.69 Å². The Morgan fingerprint density at radius 3 is 2.44 bits per heavy atom. The standard InChI is InChI=1S/C35H39N7O7S/c1-23(2)32-34-38-33(25-8-5-4-6-9-25)39-42(34)17-19-48-27-11-7-10-26(20-27)35(45)36-14-15-40(22-31(44)37-32)50(46,47)28-12-13-30-29(21-28)41(24(3)43)16-18-49-30/h4-13,20-21,23,32H,14-19,22H2,1-3H3,(H,36,45)(H,37,44)/t32-/m0/s1. The van der Waals surface area contributed by atoms with Gasteiger partial charge in [-0.3, -0.25) is 14.4 Å². The van der Waals surface area contributed by atoms with Gasteiger partial charge in [0.15, 0.2) is 11.6 Å².